The largest absolute Gasteiger partial charge is 0.496 e. The van der Waals surface area contributed by atoms with Gasteiger partial charge in [-0.05, 0) is 53.8 Å². The molecule has 1 unspecified atom stereocenters. The first-order chi connectivity index (χ1) is 12.8. The number of aliphatic hydroxyl groups is 1. The number of rotatable bonds is 6. The second kappa shape index (κ2) is 8.32. The molecule has 8 heteroatoms. The first-order valence-corrected chi connectivity index (χ1v) is 9.94. The van der Waals surface area contributed by atoms with E-state index in [1.54, 1.807) is 6.07 Å². The number of hydrogen-bond donors (Lipinski definition) is 1. The molecule has 1 N–H and O–H groups in total. The van der Waals surface area contributed by atoms with Crippen molar-refractivity contribution in [2.45, 2.75) is 43.9 Å². The standard InChI is InChI=1S/C20H20Br2F4O2/c1-18(2,16-9-15(23)4-5-17(16)28-3)11-19(27,20(24,25)26)10-12-6-13(21)8-14(22)7-12/h4-9,27H,10-11H2,1-3H3. The van der Waals surface area contributed by atoms with E-state index in [0.717, 1.165) is 6.07 Å². The maximum atomic E-state index is 13.9. The maximum absolute atomic E-state index is 13.9. The highest BCUT2D eigenvalue weighted by atomic mass is 79.9. The molecule has 154 valence electrons. The average molecular weight is 528 g/mol. The van der Waals surface area contributed by atoms with Crippen LogP contribution in [0.2, 0.25) is 0 Å². The lowest BCUT2D eigenvalue weighted by Gasteiger charge is -2.38. The summed E-state index contributed by atoms with van der Waals surface area (Å²) in [6, 6.07) is 8.43. The molecule has 28 heavy (non-hydrogen) atoms. The van der Waals surface area contributed by atoms with Crippen molar-refractivity contribution in [1.29, 1.82) is 0 Å². The predicted molar refractivity (Wildman–Crippen MR) is 107 cm³/mol. The van der Waals surface area contributed by atoms with Crippen LogP contribution in [0.15, 0.2) is 45.3 Å². The molecule has 0 fully saturated rings. The van der Waals surface area contributed by atoms with Gasteiger partial charge in [-0.25, -0.2) is 4.39 Å². The number of benzene rings is 2. The molecular formula is C20H20Br2F4O2. The van der Waals surface area contributed by atoms with E-state index in [1.165, 1.54) is 45.2 Å². The normalized spacial score (nSPS) is 14.6. The molecule has 0 amide bonds. The molecule has 2 nitrogen and oxygen atoms in total. The highest BCUT2D eigenvalue weighted by Crippen LogP contribution is 2.45. The molecule has 0 aliphatic heterocycles. The molecule has 0 radical (unpaired) electrons. The zero-order valence-corrected chi connectivity index (χ0v) is 18.7. The van der Waals surface area contributed by atoms with Gasteiger partial charge in [0.2, 0.25) is 0 Å². The van der Waals surface area contributed by atoms with Crippen LogP contribution in [-0.4, -0.2) is 24.0 Å². The van der Waals surface area contributed by atoms with E-state index in [0.29, 0.717) is 14.5 Å². The van der Waals surface area contributed by atoms with Crippen LogP contribution in [0.4, 0.5) is 17.6 Å². The first kappa shape index (κ1) is 23.2. The monoisotopic (exact) mass is 526 g/mol. The first-order valence-electron chi connectivity index (χ1n) is 8.35. The Labute approximate surface area is 178 Å². The van der Waals surface area contributed by atoms with Crippen molar-refractivity contribution >= 4 is 31.9 Å². The minimum absolute atomic E-state index is 0.257. The Hall–Kier alpha value is -1.12. The molecule has 0 saturated carbocycles. The van der Waals surface area contributed by atoms with E-state index in [1.807, 2.05) is 0 Å². The Morgan fingerprint density at radius 1 is 1.00 bits per heavy atom. The van der Waals surface area contributed by atoms with Crippen molar-refractivity contribution < 1.29 is 27.4 Å². The molecule has 2 aromatic rings. The molecule has 2 rings (SSSR count). The van der Waals surface area contributed by atoms with Crippen molar-refractivity contribution in [2.75, 3.05) is 7.11 Å². The fourth-order valence-corrected chi connectivity index (χ4v) is 4.74. The van der Waals surface area contributed by atoms with Gasteiger partial charge in [0, 0.05) is 20.9 Å². The van der Waals surface area contributed by atoms with E-state index < -0.39 is 35.9 Å². The van der Waals surface area contributed by atoms with E-state index in [2.05, 4.69) is 31.9 Å². The molecule has 0 bridgehead atoms. The third-order valence-corrected chi connectivity index (χ3v) is 5.49. The molecule has 0 aliphatic carbocycles. The topological polar surface area (TPSA) is 29.5 Å². The number of ether oxygens (including phenoxy) is 1. The van der Waals surface area contributed by atoms with Crippen molar-refractivity contribution in [3.05, 3.63) is 62.3 Å². The number of halogens is 6. The Kier molecular flexibility index (Phi) is 6.88. The minimum Gasteiger partial charge on any atom is -0.496 e. The fourth-order valence-electron chi connectivity index (χ4n) is 3.35. The van der Waals surface area contributed by atoms with Crippen LogP contribution in [0.1, 0.15) is 31.4 Å². The van der Waals surface area contributed by atoms with Crippen LogP contribution in [0.25, 0.3) is 0 Å². The number of methoxy groups -OCH3 is 1. The summed E-state index contributed by atoms with van der Waals surface area (Å²) in [6.45, 7) is 3.05. The zero-order chi connectivity index (χ0) is 21.3. The SMILES string of the molecule is COc1ccc(F)cc1C(C)(C)CC(O)(Cc1cc(Br)cc(Br)c1)C(F)(F)F. The highest BCUT2D eigenvalue weighted by Gasteiger charge is 2.56. The molecule has 2 aromatic carbocycles. The summed E-state index contributed by atoms with van der Waals surface area (Å²) in [7, 11) is 1.36. The summed E-state index contributed by atoms with van der Waals surface area (Å²) in [4.78, 5) is 0. The van der Waals surface area contributed by atoms with Crippen molar-refractivity contribution in [3.8, 4) is 5.75 Å². The average Bonchev–Trinajstić information content (AvgIpc) is 2.52. The summed E-state index contributed by atoms with van der Waals surface area (Å²) in [5.74, 6) is -0.323. The van der Waals surface area contributed by atoms with Crippen LogP contribution < -0.4 is 4.74 Å². The van der Waals surface area contributed by atoms with E-state index in [4.69, 9.17) is 4.74 Å². The van der Waals surface area contributed by atoms with Crippen molar-refractivity contribution in [3.63, 3.8) is 0 Å². The third kappa shape index (κ3) is 5.27. The second-order valence-corrected chi connectivity index (χ2v) is 9.22. The van der Waals surface area contributed by atoms with Crippen LogP contribution in [0.3, 0.4) is 0 Å². The van der Waals surface area contributed by atoms with Gasteiger partial charge in [0.05, 0.1) is 7.11 Å². The van der Waals surface area contributed by atoms with Crippen molar-refractivity contribution in [2.24, 2.45) is 0 Å². The Bertz CT molecular complexity index is 832. The highest BCUT2D eigenvalue weighted by molar-refractivity contribution is 9.11. The quantitative estimate of drug-likeness (QED) is 0.431. The smallest absolute Gasteiger partial charge is 0.417 e. The van der Waals surface area contributed by atoms with E-state index in [9.17, 15) is 22.7 Å². The van der Waals surface area contributed by atoms with Crippen LogP contribution in [-0.2, 0) is 11.8 Å². The summed E-state index contributed by atoms with van der Waals surface area (Å²) in [6.07, 6.45) is -6.21. The van der Waals surface area contributed by atoms with E-state index >= 15 is 0 Å². The summed E-state index contributed by atoms with van der Waals surface area (Å²) in [5.41, 5.74) is -3.68. The molecule has 0 aromatic heterocycles. The van der Waals surface area contributed by atoms with Gasteiger partial charge in [-0.2, -0.15) is 13.2 Å². The lowest BCUT2D eigenvalue weighted by molar-refractivity contribution is -0.266. The summed E-state index contributed by atoms with van der Waals surface area (Å²) in [5, 5.41) is 10.7. The van der Waals surface area contributed by atoms with Gasteiger partial charge in [-0.3, -0.25) is 0 Å². The predicted octanol–water partition coefficient (Wildman–Crippen LogP) is 6.56. The Morgan fingerprint density at radius 3 is 2.07 bits per heavy atom. The van der Waals surface area contributed by atoms with Gasteiger partial charge in [0.1, 0.15) is 11.6 Å². The van der Waals surface area contributed by atoms with Crippen molar-refractivity contribution in [1.82, 2.24) is 0 Å². The molecular weight excluding hydrogens is 508 g/mol. The van der Waals surface area contributed by atoms with Crippen LogP contribution >= 0.6 is 31.9 Å². The van der Waals surface area contributed by atoms with Gasteiger partial charge in [-0.15, -0.1) is 0 Å². The van der Waals surface area contributed by atoms with E-state index in [-0.39, 0.29) is 11.3 Å². The lowest BCUT2D eigenvalue weighted by Crippen LogP contribution is -2.50. The Morgan fingerprint density at radius 2 is 1.57 bits per heavy atom. The van der Waals surface area contributed by atoms with Gasteiger partial charge < -0.3 is 9.84 Å². The lowest BCUT2D eigenvalue weighted by atomic mass is 9.72. The summed E-state index contributed by atoms with van der Waals surface area (Å²) < 4.78 is 61.9. The summed E-state index contributed by atoms with van der Waals surface area (Å²) >= 11 is 6.49. The molecule has 1 atom stereocenters. The fraction of sp³-hybridized carbons (Fsp3) is 0.400. The molecule has 0 aliphatic rings. The zero-order valence-electron chi connectivity index (χ0n) is 15.5. The van der Waals surface area contributed by atoms with Crippen LogP contribution in [0.5, 0.6) is 5.75 Å². The Balaban J connectivity index is 2.47. The van der Waals surface area contributed by atoms with Gasteiger partial charge >= 0.3 is 6.18 Å². The number of hydrogen-bond acceptors (Lipinski definition) is 2. The number of alkyl halides is 3. The van der Waals surface area contributed by atoms with Gasteiger partial charge in [-0.1, -0.05) is 45.7 Å². The third-order valence-electron chi connectivity index (χ3n) is 4.57. The maximum Gasteiger partial charge on any atom is 0.417 e. The second-order valence-electron chi connectivity index (χ2n) is 7.39. The molecule has 0 saturated heterocycles. The van der Waals surface area contributed by atoms with Gasteiger partial charge in [0.25, 0.3) is 0 Å². The van der Waals surface area contributed by atoms with Crippen LogP contribution in [0, 0.1) is 5.82 Å². The molecule has 0 spiro atoms. The molecule has 0 heterocycles. The minimum atomic E-state index is -4.89. The van der Waals surface area contributed by atoms with Gasteiger partial charge in [0.15, 0.2) is 5.60 Å².